The molecule has 2 aromatic rings. The molecule has 10 nitrogen and oxygen atoms in total. The minimum Gasteiger partial charge on any atom is -0.481 e. The highest BCUT2D eigenvalue weighted by molar-refractivity contribution is 5.85. The zero-order valence-electron chi connectivity index (χ0n) is 17.8. The van der Waals surface area contributed by atoms with Crippen molar-refractivity contribution < 1.29 is 33.7 Å². The number of anilines is 1. The summed E-state index contributed by atoms with van der Waals surface area (Å²) in [6.45, 7) is 1.54. The first-order chi connectivity index (χ1) is 15.7. The highest BCUT2D eigenvalue weighted by Gasteiger charge is 2.28. The molecule has 2 aliphatic rings. The first-order valence-electron chi connectivity index (χ1n) is 10.8. The van der Waals surface area contributed by atoms with E-state index in [0.29, 0.717) is 37.4 Å². The first kappa shape index (κ1) is 22.6. The van der Waals surface area contributed by atoms with Gasteiger partial charge in [0.05, 0.1) is 22.8 Å². The fourth-order valence-electron chi connectivity index (χ4n) is 4.14. The van der Waals surface area contributed by atoms with Crippen molar-refractivity contribution in [2.75, 3.05) is 31.1 Å². The lowest BCUT2D eigenvalue weighted by Crippen LogP contribution is -2.49. The van der Waals surface area contributed by atoms with Crippen LogP contribution in [0.2, 0.25) is 0 Å². The van der Waals surface area contributed by atoms with Gasteiger partial charge in [0, 0.05) is 45.1 Å². The predicted octanol–water partition coefficient (Wildman–Crippen LogP) is 2.44. The van der Waals surface area contributed by atoms with E-state index in [1.165, 1.54) is 6.20 Å². The average Bonchev–Trinajstić information content (AvgIpc) is 3.60. The van der Waals surface area contributed by atoms with Crippen LogP contribution >= 0.6 is 0 Å². The van der Waals surface area contributed by atoms with Gasteiger partial charge < -0.3 is 29.3 Å². The summed E-state index contributed by atoms with van der Waals surface area (Å²) in [7, 11) is 0. The summed E-state index contributed by atoms with van der Waals surface area (Å²) in [5, 5.41) is 17.7. The summed E-state index contributed by atoms with van der Waals surface area (Å²) in [5.41, 5.74) is 0.122. The Kier molecular flexibility index (Phi) is 6.21. The number of fused-ring (bicyclic) bond motifs is 1. The number of carboxylic acids is 1. The summed E-state index contributed by atoms with van der Waals surface area (Å²) >= 11 is 0. The van der Waals surface area contributed by atoms with E-state index >= 15 is 4.39 Å². The number of piperazine rings is 1. The maximum atomic E-state index is 15.0. The molecule has 0 unspecified atom stereocenters. The Bertz CT molecular complexity index is 1170. The fraction of sp³-hybridized carbons (Fsp3) is 0.455. The second-order valence-corrected chi connectivity index (χ2v) is 8.26. The Morgan fingerprint density at radius 3 is 2.36 bits per heavy atom. The van der Waals surface area contributed by atoms with E-state index in [1.807, 2.05) is 0 Å². The molecule has 0 bridgehead atoms. The van der Waals surface area contributed by atoms with E-state index in [-0.39, 0.29) is 42.3 Å². The van der Waals surface area contributed by atoms with Crippen molar-refractivity contribution in [2.45, 2.75) is 38.1 Å². The minimum absolute atomic E-state index is 0.0501. The maximum absolute atomic E-state index is 15.0. The van der Waals surface area contributed by atoms with Gasteiger partial charge in [0.15, 0.2) is 5.75 Å². The molecular formula is C22H24FN3O7. The topological polar surface area (TPSA) is 129 Å². The molecule has 2 N–H and O–H groups in total. The van der Waals surface area contributed by atoms with Crippen LogP contribution in [0, 0.1) is 5.82 Å². The molecule has 1 aliphatic heterocycles. The van der Waals surface area contributed by atoms with Crippen molar-refractivity contribution >= 4 is 34.6 Å². The number of benzene rings is 1. The Morgan fingerprint density at radius 1 is 1.06 bits per heavy atom. The number of aliphatic carboxylic acids is 1. The van der Waals surface area contributed by atoms with Crippen LogP contribution in [0.15, 0.2) is 23.1 Å². The van der Waals surface area contributed by atoms with Crippen molar-refractivity contribution in [1.29, 1.82) is 0 Å². The number of nitrogens with zero attached hydrogens (tertiary/aromatic N) is 3. The van der Waals surface area contributed by atoms with Crippen LogP contribution in [0.25, 0.3) is 10.9 Å². The van der Waals surface area contributed by atoms with Gasteiger partial charge in [-0.15, -0.1) is 0 Å². The molecule has 1 saturated heterocycles. The number of pyridine rings is 1. The van der Waals surface area contributed by atoms with E-state index < -0.39 is 23.4 Å². The second-order valence-electron chi connectivity index (χ2n) is 8.26. The molecule has 4 rings (SSSR count). The first-order valence-corrected chi connectivity index (χ1v) is 10.8. The second kappa shape index (κ2) is 9.08. The van der Waals surface area contributed by atoms with Crippen molar-refractivity contribution in [3.8, 4) is 5.75 Å². The Balaban J connectivity index is 1.56. The smallest absolute Gasteiger partial charge is 0.481 e. The van der Waals surface area contributed by atoms with Crippen LogP contribution in [0.5, 0.6) is 5.75 Å². The number of rotatable bonds is 7. The third-order valence-electron chi connectivity index (χ3n) is 5.96. The quantitative estimate of drug-likeness (QED) is 0.602. The third-order valence-corrected chi connectivity index (χ3v) is 5.96. The molecule has 11 heteroatoms. The molecule has 1 aromatic heterocycles. The van der Waals surface area contributed by atoms with E-state index in [1.54, 1.807) is 20.4 Å². The molecule has 1 aromatic carbocycles. The fourth-order valence-corrected chi connectivity index (χ4v) is 4.14. The van der Waals surface area contributed by atoms with E-state index in [2.05, 4.69) is 4.74 Å². The lowest BCUT2D eigenvalue weighted by molar-refractivity contribution is -0.137. The van der Waals surface area contributed by atoms with Crippen molar-refractivity contribution in [3.05, 3.63) is 34.4 Å². The summed E-state index contributed by atoms with van der Waals surface area (Å²) in [6, 6.07) is 2.80. The zero-order chi connectivity index (χ0) is 23.7. The third kappa shape index (κ3) is 4.91. The number of amides is 1. The normalized spacial score (nSPS) is 16.2. The van der Waals surface area contributed by atoms with Gasteiger partial charge >= 0.3 is 12.1 Å². The number of aromatic nitrogens is 1. The lowest BCUT2D eigenvalue weighted by Gasteiger charge is -2.36. The highest BCUT2D eigenvalue weighted by Crippen LogP contribution is 2.39. The molecule has 0 spiro atoms. The summed E-state index contributed by atoms with van der Waals surface area (Å²) in [6.07, 6.45) is 1.85. The van der Waals surface area contributed by atoms with Gasteiger partial charge in [0.2, 0.25) is 11.3 Å². The molecule has 2 fully saturated rings. The summed E-state index contributed by atoms with van der Waals surface area (Å²) in [5.74, 6) is -2.03. The van der Waals surface area contributed by atoms with Crippen LogP contribution in [-0.2, 0) is 9.59 Å². The number of carboxylic acid groups (broad SMARTS) is 2. The number of hydrogen-bond donors (Lipinski definition) is 2. The van der Waals surface area contributed by atoms with Crippen LogP contribution < -0.4 is 15.1 Å². The van der Waals surface area contributed by atoms with Crippen LogP contribution in [0.3, 0.4) is 0 Å². The summed E-state index contributed by atoms with van der Waals surface area (Å²) < 4.78 is 21.4. The van der Waals surface area contributed by atoms with Crippen molar-refractivity contribution in [2.24, 2.45) is 0 Å². The Hall–Kier alpha value is -3.63. The maximum Gasteiger partial charge on any atom is 0.511 e. The van der Waals surface area contributed by atoms with Gasteiger partial charge in [0.1, 0.15) is 5.82 Å². The van der Waals surface area contributed by atoms with Gasteiger partial charge in [-0.2, -0.15) is 0 Å². The number of carbonyl (C=O) groups excluding carboxylic acids is 1. The monoisotopic (exact) mass is 461 g/mol. The van der Waals surface area contributed by atoms with Crippen molar-refractivity contribution in [1.82, 2.24) is 9.47 Å². The van der Waals surface area contributed by atoms with Gasteiger partial charge in [-0.1, -0.05) is 0 Å². The molecule has 1 aliphatic carbocycles. The van der Waals surface area contributed by atoms with Gasteiger partial charge in [-0.25, -0.2) is 9.18 Å². The van der Waals surface area contributed by atoms with Crippen LogP contribution in [0.4, 0.5) is 14.9 Å². The standard InChI is InChI=1S/C22H24FN3O7/c23-15-10-14-16(26(13-4-5-13)12-18(21(14)30)33-22(31)32)11-17(15)24-6-8-25(9-7-24)19(27)2-1-3-20(28)29/h10-13H,1-9H2,(H,28,29)(H,31,32). The average molecular weight is 461 g/mol. The van der Waals surface area contributed by atoms with E-state index in [9.17, 15) is 19.2 Å². The molecular weight excluding hydrogens is 437 g/mol. The molecule has 0 radical (unpaired) electrons. The largest absolute Gasteiger partial charge is 0.511 e. The van der Waals surface area contributed by atoms with Gasteiger partial charge in [0.25, 0.3) is 0 Å². The van der Waals surface area contributed by atoms with Crippen LogP contribution in [-0.4, -0.2) is 63.9 Å². The highest BCUT2D eigenvalue weighted by atomic mass is 19.1. The van der Waals surface area contributed by atoms with E-state index in [0.717, 1.165) is 18.9 Å². The van der Waals surface area contributed by atoms with E-state index in [4.69, 9.17) is 10.2 Å². The molecule has 33 heavy (non-hydrogen) atoms. The zero-order valence-corrected chi connectivity index (χ0v) is 17.8. The SMILES string of the molecule is O=C(O)CCCC(=O)N1CCN(c2cc3c(cc2F)c(=O)c(OC(=O)O)cn3C2CC2)CC1. The molecule has 176 valence electrons. The molecule has 0 atom stereocenters. The van der Waals surface area contributed by atoms with Gasteiger partial charge in [-0.3, -0.25) is 14.4 Å². The summed E-state index contributed by atoms with van der Waals surface area (Å²) in [4.78, 5) is 50.0. The number of hydrogen-bond acceptors (Lipinski definition) is 6. The predicted molar refractivity (Wildman–Crippen MR) is 115 cm³/mol. The van der Waals surface area contributed by atoms with Crippen molar-refractivity contribution in [3.63, 3.8) is 0 Å². The Labute approximate surface area is 187 Å². The van der Waals surface area contributed by atoms with Crippen LogP contribution in [0.1, 0.15) is 38.1 Å². The number of halogens is 1. The number of carbonyl (C=O) groups is 3. The molecule has 1 saturated carbocycles. The Morgan fingerprint density at radius 2 is 1.76 bits per heavy atom. The molecule has 1 amide bonds. The molecule has 2 heterocycles. The van der Waals surface area contributed by atoms with Gasteiger partial charge in [-0.05, 0) is 31.4 Å². The number of ether oxygens (including phenoxy) is 1. The lowest BCUT2D eigenvalue weighted by atomic mass is 10.1. The minimum atomic E-state index is -1.61.